The van der Waals surface area contributed by atoms with Gasteiger partial charge < -0.3 is 19.7 Å². The van der Waals surface area contributed by atoms with Crippen molar-refractivity contribution in [2.75, 3.05) is 28.6 Å². The molecule has 25 heavy (non-hydrogen) atoms. The predicted molar refractivity (Wildman–Crippen MR) is 100 cm³/mol. The number of imidazole rings is 1. The topological polar surface area (TPSA) is 93.3 Å². The molecule has 1 aromatic heterocycles. The Morgan fingerprint density at radius 1 is 1.36 bits per heavy atom. The Kier molecular flexibility index (Phi) is 7.20. The van der Waals surface area contributed by atoms with Crippen molar-refractivity contribution in [1.29, 1.82) is 0 Å². The van der Waals surface area contributed by atoms with Gasteiger partial charge in [-0.05, 0) is 35.6 Å². The van der Waals surface area contributed by atoms with Gasteiger partial charge in [0.1, 0.15) is 12.4 Å². The third-order valence-electron chi connectivity index (χ3n) is 3.43. The first kappa shape index (κ1) is 19.2. The summed E-state index contributed by atoms with van der Waals surface area (Å²) in [6.45, 7) is 3.78. The summed E-state index contributed by atoms with van der Waals surface area (Å²) in [6.07, 6.45) is 3.75. The lowest BCUT2D eigenvalue weighted by atomic mass is 10.2. The van der Waals surface area contributed by atoms with Crippen molar-refractivity contribution in [1.82, 2.24) is 9.55 Å². The molecule has 10 heteroatoms. The van der Waals surface area contributed by atoms with Crippen LogP contribution in [0.1, 0.15) is 13.3 Å². The number of rotatable bonds is 10. The maximum absolute atomic E-state index is 12.2. The van der Waals surface area contributed by atoms with Crippen LogP contribution in [0.25, 0.3) is 0 Å². The zero-order valence-corrected chi connectivity index (χ0v) is 15.4. The first-order chi connectivity index (χ1) is 12.0. The Hall–Kier alpha value is -2.13. The highest BCUT2D eigenvalue weighted by atomic mass is 35.5. The number of aromatic nitrogens is 2. The molecule has 2 rings (SSSR count). The first-order valence-corrected chi connectivity index (χ1v) is 9.62. The number of hydrogen-bond donors (Lipinski definition) is 1. The SMILES string of the molecule is CCCN(CCCl)c1ccc(NS(=O)Cn2ccnc2[N+](=O)[O-])cc1. The van der Waals surface area contributed by atoms with Crippen LogP contribution in [0.4, 0.5) is 17.3 Å². The molecule has 2 aromatic rings. The van der Waals surface area contributed by atoms with Crippen molar-refractivity contribution in [3.63, 3.8) is 0 Å². The van der Waals surface area contributed by atoms with Gasteiger partial charge in [-0.3, -0.25) is 0 Å². The minimum atomic E-state index is -1.52. The van der Waals surface area contributed by atoms with E-state index >= 15 is 0 Å². The van der Waals surface area contributed by atoms with Crippen LogP contribution in [0.2, 0.25) is 0 Å². The number of halogens is 1. The molecule has 1 unspecified atom stereocenters. The van der Waals surface area contributed by atoms with Crippen molar-refractivity contribution in [3.8, 4) is 0 Å². The highest BCUT2D eigenvalue weighted by Crippen LogP contribution is 2.19. The summed E-state index contributed by atoms with van der Waals surface area (Å²) in [5, 5.41) is 10.8. The molecule has 0 aliphatic carbocycles. The van der Waals surface area contributed by atoms with Gasteiger partial charge in [0.05, 0.1) is 0 Å². The van der Waals surface area contributed by atoms with Crippen LogP contribution in [0.3, 0.4) is 0 Å². The van der Waals surface area contributed by atoms with Gasteiger partial charge >= 0.3 is 5.95 Å². The Morgan fingerprint density at radius 3 is 2.68 bits per heavy atom. The molecule has 0 spiro atoms. The monoisotopic (exact) mass is 385 g/mol. The second-order valence-corrected chi connectivity index (χ2v) is 6.79. The zero-order valence-electron chi connectivity index (χ0n) is 13.8. The number of hydrogen-bond acceptors (Lipinski definition) is 5. The Bertz CT molecular complexity index is 716. The molecule has 0 fully saturated rings. The molecular formula is C15H20ClN5O3S. The van der Waals surface area contributed by atoms with Crippen molar-refractivity contribution in [2.45, 2.75) is 19.2 Å². The van der Waals surface area contributed by atoms with E-state index in [9.17, 15) is 14.3 Å². The molecule has 0 aliphatic heterocycles. The predicted octanol–water partition coefficient (Wildman–Crippen LogP) is 2.98. The lowest BCUT2D eigenvalue weighted by Crippen LogP contribution is -2.26. The summed E-state index contributed by atoms with van der Waals surface area (Å²) < 4.78 is 16.2. The second-order valence-electron chi connectivity index (χ2n) is 5.25. The van der Waals surface area contributed by atoms with E-state index in [0.717, 1.165) is 25.2 Å². The summed E-state index contributed by atoms with van der Waals surface area (Å²) in [4.78, 5) is 16.0. The quantitative estimate of drug-likeness (QED) is 0.385. The van der Waals surface area contributed by atoms with Crippen LogP contribution in [0.5, 0.6) is 0 Å². The van der Waals surface area contributed by atoms with Crippen LogP contribution in [-0.2, 0) is 16.9 Å². The van der Waals surface area contributed by atoms with E-state index in [1.165, 1.54) is 17.0 Å². The number of alkyl halides is 1. The van der Waals surface area contributed by atoms with Gasteiger partial charge in [-0.2, -0.15) is 0 Å². The Morgan fingerprint density at radius 2 is 2.08 bits per heavy atom. The van der Waals surface area contributed by atoms with Gasteiger partial charge in [0, 0.05) is 30.3 Å². The molecule has 136 valence electrons. The van der Waals surface area contributed by atoms with Gasteiger partial charge in [-0.15, -0.1) is 11.6 Å². The third kappa shape index (κ3) is 5.43. The maximum Gasteiger partial charge on any atom is 0.435 e. The molecule has 0 saturated heterocycles. The summed E-state index contributed by atoms with van der Waals surface area (Å²) in [7, 11) is -1.52. The number of nitro groups is 1. The van der Waals surface area contributed by atoms with Gasteiger partial charge in [0.25, 0.3) is 0 Å². The summed E-state index contributed by atoms with van der Waals surface area (Å²) >= 11 is 5.84. The molecule has 1 aromatic carbocycles. The van der Waals surface area contributed by atoms with Crippen molar-refractivity contribution in [3.05, 3.63) is 46.8 Å². The van der Waals surface area contributed by atoms with Gasteiger partial charge in [0.15, 0.2) is 16.9 Å². The average Bonchev–Trinajstić information content (AvgIpc) is 3.03. The van der Waals surface area contributed by atoms with Gasteiger partial charge in [0.2, 0.25) is 0 Å². The molecule has 0 radical (unpaired) electrons. The van der Waals surface area contributed by atoms with Crippen LogP contribution in [-0.4, -0.2) is 37.7 Å². The third-order valence-corrected chi connectivity index (χ3v) is 4.57. The molecule has 1 heterocycles. The van der Waals surface area contributed by atoms with Crippen LogP contribution in [0.15, 0.2) is 36.7 Å². The largest absolute Gasteiger partial charge is 0.435 e. The highest BCUT2D eigenvalue weighted by molar-refractivity contribution is 7.85. The minimum Gasteiger partial charge on any atom is -0.390 e. The van der Waals surface area contributed by atoms with E-state index in [2.05, 4.69) is 21.5 Å². The molecule has 8 nitrogen and oxygen atoms in total. The van der Waals surface area contributed by atoms with Crippen LogP contribution in [0, 0.1) is 10.1 Å². The van der Waals surface area contributed by atoms with Crippen molar-refractivity contribution < 1.29 is 9.13 Å². The lowest BCUT2D eigenvalue weighted by Gasteiger charge is -2.23. The average molecular weight is 386 g/mol. The molecule has 1 N–H and O–H groups in total. The van der Waals surface area contributed by atoms with Gasteiger partial charge in [-0.1, -0.05) is 11.9 Å². The Labute approximate surface area is 153 Å². The Balaban J connectivity index is 1.99. The number of nitrogens with one attached hydrogen (secondary N) is 1. The van der Waals surface area contributed by atoms with E-state index in [4.69, 9.17) is 11.6 Å². The van der Waals surface area contributed by atoms with E-state index < -0.39 is 15.9 Å². The zero-order chi connectivity index (χ0) is 18.2. The molecule has 0 aliphatic rings. The van der Waals surface area contributed by atoms with E-state index in [1.807, 2.05) is 24.3 Å². The van der Waals surface area contributed by atoms with Crippen LogP contribution >= 0.6 is 11.6 Å². The number of benzene rings is 1. The van der Waals surface area contributed by atoms with Crippen LogP contribution < -0.4 is 9.62 Å². The molecular weight excluding hydrogens is 366 g/mol. The fourth-order valence-corrected chi connectivity index (χ4v) is 3.47. The highest BCUT2D eigenvalue weighted by Gasteiger charge is 2.16. The summed E-state index contributed by atoms with van der Waals surface area (Å²) in [5.41, 5.74) is 1.72. The molecule has 0 amide bonds. The molecule has 0 saturated carbocycles. The fourth-order valence-electron chi connectivity index (χ4n) is 2.35. The number of anilines is 2. The molecule has 0 bridgehead atoms. The number of nitrogens with zero attached hydrogens (tertiary/aromatic N) is 4. The van der Waals surface area contributed by atoms with E-state index in [1.54, 1.807) is 0 Å². The lowest BCUT2D eigenvalue weighted by molar-refractivity contribution is -0.396. The second kappa shape index (κ2) is 9.38. The summed E-state index contributed by atoms with van der Waals surface area (Å²) in [6, 6.07) is 7.52. The standard InChI is InChI=1S/C15H20ClN5O3S/c1-2-9-19(10-7-16)14-5-3-13(4-6-14)18-25(24)12-20-11-8-17-15(20)21(22)23/h3-6,8,11,18H,2,7,9-10,12H2,1H3. The van der Waals surface area contributed by atoms with Crippen molar-refractivity contribution >= 4 is 39.9 Å². The molecule has 1 atom stereocenters. The normalized spacial score (nSPS) is 11.9. The smallest absolute Gasteiger partial charge is 0.390 e. The minimum absolute atomic E-state index is 0.0632. The van der Waals surface area contributed by atoms with E-state index in [-0.39, 0.29) is 11.8 Å². The van der Waals surface area contributed by atoms with Gasteiger partial charge in [-0.25, -0.2) is 8.78 Å². The first-order valence-electron chi connectivity index (χ1n) is 7.76. The summed E-state index contributed by atoms with van der Waals surface area (Å²) in [5.74, 6) is 0.154. The van der Waals surface area contributed by atoms with Crippen molar-refractivity contribution in [2.24, 2.45) is 0 Å². The van der Waals surface area contributed by atoms with E-state index in [0.29, 0.717) is 11.6 Å². The maximum atomic E-state index is 12.2. The fraction of sp³-hybridized carbons (Fsp3) is 0.400.